The Morgan fingerprint density at radius 2 is 2.27 bits per heavy atom. The van der Waals surface area contributed by atoms with Crippen molar-refractivity contribution in [3.8, 4) is 0 Å². The first-order valence-corrected chi connectivity index (χ1v) is 3.20. The summed E-state index contributed by atoms with van der Waals surface area (Å²) in [7, 11) is 0. The van der Waals surface area contributed by atoms with Crippen LogP contribution in [-0.2, 0) is 0 Å². The van der Waals surface area contributed by atoms with Gasteiger partial charge in [-0.3, -0.25) is 0 Å². The number of rotatable bonds is 0. The molecule has 0 bridgehead atoms. The summed E-state index contributed by atoms with van der Waals surface area (Å²) in [4.78, 5) is 0.782. The number of nitrogens with two attached hydrogens (primary N) is 1. The van der Waals surface area contributed by atoms with E-state index in [1.165, 1.54) is 0 Å². The Morgan fingerprint density at radius 3 is 3.00 bits per heavy atom. The van der Waals surface area contributed by atoms with Gasteiger partial charge in [0.2, 0.25) is 0 Å². The van der Waals surface area contributed by atoms with Gasteiger partial charge in [0.05, 0.1) is 11.9 Å². The molecule has 0 unspecified atom stereocenters. The number of aromatic nitrogens is 2. The second kappa shape index (κ2) is 1.88. The fourth-order valence-corrected chi connectivity index (χ4v) is 1.09. The zero-order chi connectivity index (χ0) is 7.84. The summed E-state index contributed by atoms with van der Waals surface area (Å²) in [6.45, 7) is 0. The Morgan fingerprint density at radius 1 is 1.45 bits per heavy atom. The van der Waals surface area contributed by atoms with Gasteiger partial charge in [-0.1, -0.05) is 17.0 Å². The van der Waals surface area contributed by atoms with E-state index in [9.17, 15) is 0 Å². The summed E-state index contributed by atoms with van der Waals surface area (Å²) in [5.74, 6) is 0. The third kappa shape index (κ3) is 0.724. The first kappa shape index (κ1) is 6.03. The van der Waals surface area contributed by atoms with Gasteiger partial charge < -0.3 is 10.9 Å². The van der Waals surface area contributed by atoms with Gasteiger partial charge in [-0.15, -0.1) is 5.10 Å². The molecule has 0 spiro atoms. The van der Waals surface area contributed by atoms with E-state index in [1.54, 1.807) is 12.3 Å². The Labute approximate surface area is 62.8 Å². The van der Waals surface area contributed by atoms with E-state index in [2.05, 4.69) is 5.10 Å². The van der Waals surface area contributed by atoms with Crippen molar-refractivity contribution in [2.75, 3.05) is 5.73 Å². The molecule has 0 aliphatic rings. The predicted octanol–water partition coefficient (Wildman–Crippen LogP) is 0.856. The average Bonchev–Trinajstić information content (AvgIpc) is 2.34. The zero-order valence-corrected chi connectivity index (χ0v) is 5.73. The van der Waals surface area contributed by atoms with Crippen molar-refractivity contribution in [3.05, 3.63) is 24.4 Å². The van der Waals surface area contributed by atoms with Gasteiger partial charge >= 0.3 is 0 Å². The Bertz CT molecular complexity index is 393. The molecule has 1 aromatic carbocycles. The molecule has 0 fully saturated rings. The molecule has 2 aromatic rings. The first-order chi connectivity index (χ1) is 5.29. The topological polar surface area (TPSA) is 64.1 Å². The van der Waals surface area contributed by atoms with Crippen molar-refractivity contribution in [2.45, 2.75) is 0 Å². The molecule has 1 heterocycles. The van der Waals surface area contributed by atoms with E-state index >= 15 is 0 Å². The third-order valence-corrected chi connectivity index (χ3v) is 1.60. The van der Waals surface area contributed by atoms with Crippen molar-refractivity contribution in [1.82, 2.24) is 9.94 Å². The second-order valence-electron chi connectivity index (χ2n) is 2.32. The summed E-state index contributed by atoms with van der Waals surface area (Å²) >= 11 is 0. The highest BCUT2D eigenvalue weighted by Gasteiger charge is 2.02. The number of benzene rings is 1. The molecule has 4 heteroatoms. The highest BCUT2D eigenvalue weighted by molar-refractivity contribution is 5.88. The zero-order valence-electron chi connectivity index (χ0n) is 5.73. The van der Waals surface area contributed by atoms with Gasteiger partial charge in [-0.2, -0.15) is 0 Å². The smallest absolute Gasteiger partial charge is 0.133 e. The van der Waals surface area contributed by atoms with Crippen LogP contribution in [0, 0.1) is 0 Å². The fraction of sp³-hybridized carbons (Fsp3) is 0. The molecule has 2 rings (SSSR count). The number of anilines is 1. The fourth-order valence-electron chi connectivity index (χ4n) is 1.09. The Kier molecular flexibility index (Phi) is 1.03. The maximum Gasteiger partial charge on any atom is 0.133 e. The van der Waals surface area contributed by atoms with Gasteiger partial charge in [0, 0.05) is 5.39 Å². The number of nitrogens with zero attached hydrogens (tertiary/aromatic N) is 2. The van der Waals surface area contributed by atoms with E-state index in [4.69, 9.17) is 10.9 Å². The van der Waals surface area contributed by atoms with Crippen molar-refractivity contribution < 1.29 is 5.21 Å². The highest BCUT2D eigenvalue weighted by atomic mass is 16.5. The van der Waals surface area contributed by atoms with Crippen molar-refractivity contribution in [2.24, 2.45) is 0 Å². The molecule has 0 saturated heterocycles. The molecule has 1 aromatic heterocycles. The maximum atomic E-state index is 9.12. The minimum atomic E-state index is 0.530. The van der Waals surface area contributed by atoms with E-state index in [0.29, 0.717) is 11.2 Å². The largest absolute Gasteiger partial charge is 0.411 e. The third-order valence-electron chi connectivity index (χ3n) is 1.60. The minimum absolute atomic E-state index is 0.530. The number of fused-ring (bicyclic) bond motifs is 1. The lowest BCUT2D eigenvalue weighted by molar-refractivity contribution is 0.161. The molecule has 0 aliphatic carbocycles. The molecule has 0 radical (unpaired) electrons. The lowest BCUT2D eigenvalue weighted by atomic mass is 10.2. The summed E-state index contributed by atoms with van der Waals surface area (Å²) in [6, 6.07) is 5.38. The van der Waals surface area contributed by atoms with Crippen LogP contribution in [0.2, 0.25) is 0 Å². The van der Waals surface area contributed by atoms with Crippen LogP contribution in [0.1, 0.15) is 0 Å². The molecule has 0 saturated carbocycles. The van der Waals surface area contributed by atoms with Crippen LogP contribution in [0.5, 0.6) is 0 Å². The van der Waals surface area contributed by atoms with Crippen LogP contribution < -0.4 is 5.73 Å². The second-order valence-corrected chi connectivity index (χ2v) is 2.32. The Hall–Kier alpha value is -1.71. The van der Waals surface area contributed by atoms with Gasteiger partial charge in [0.25, 0.3) is 0 Å². The highest BCUT2D eigenvalue weighted by Crippen LogP contribution is 2.18. The maximum absolute atomic E-state index is 9.12. The SMILES string of the molecule is Nc1cccc2cnn(O)c12. The molecule has 0 aliphatic heterocycles. The predicted molar refractivity (Wildman–Crippen MR) is 41.3 cm³/mol. The van der Waals surface area contributed by atoms with Crippen LogP contribution in [0.15, 0.2) is 24.4 Å². The number of para-hydroxylation sites is 1. The standard InChI is InChI=1S/C7H7N3O/c8-6-3-1-2-5-4-9-10(11)7(5)6/h1-4,11H,8H2. The van der Waals surface area contributed by atoms with Gasteiger partial charge in [0.15, 0.2) is 0 Å². The average molecular weight is 149 g/mol. The van der Waals surface area contributed by atoms with E-state index < -0.39 is 0 Å². The lowest BCUT2D eigenvalue weighted by Crippen LogP contribution is -1.95. The minimum Gasteiger partial charge on any atom is -0.411 e. The Balaban J connectivity index is 2.96. The van der Waals surface area contributed by atoms with Crippen LogP contribution in [0.25, 0.3) is 10.9 Å². The normalized spacial score (nSPS) is 10.5. The summed E-state index contributed by atoms with van der Waals surface area (Å²) in [5.41, 5.74) is 6.67. The quantitative estimate of drug-likeness (QED) is 0.431. The molecule has 56 valence electrons. The summed E-state index contributed by atoms with van der Waals surface area (Å²) in [5, 5.41) is 13.6. The number of hydrogen-bond donors (Lipinski definition) is 2. The number of nitrogen functional groups attached to an aromatic ring is 1. The van der Waals surface area contributed by atoms with Crippen molar-refractivity contribution >= 4 is 16.6 Å². The van der Waals surface area contributed by atoms with Crippen LogP contribution in [0.3, 0.4) is 0 Å². The van der Waals surface area contributed by atoms with Gasteiger partial charge in [0.1, 0.15) is 5.52 Å². The molecule has 3 N–H and O–H groups in total. The van der Waals surface area contributed by atoms with Crippen molar-refractivity contribution in [3.63, 3.8) is 0 Å². The molecule has 0 atom stereocenters. The van der Waals surface area contributed by atoms with E-state index in [0.717, 1.165) is 10.2 Å². The van der Waals surface area contributed by atoms with Crippen LogP contribution >= 0.6 is 0 Å². The van der Waals surface area contributed by atoms with Gasteiger partial charge in [-0.25, -0.2) is 0 Å². The first-order valence-electron chi connectivity index (χ1n) is 3.20. The lowest BCUT2D eigenvalue weighted by Gasteiger charge is -1.95. The van der Waals surface area contributed by atoms with Crippen LogP contribution in [-0.4, -0.2) is 15.2 Å². The molecule has 11 heavy (non-hydrogen) atoms. The molecule has 0 amide bonds. The number of hydrogen-bond acceptors (Lipinski definition) is 3. The van der Waals surface area contributed by atoms with Gasteiger partial charge in [-0.05, 0) is 6.07 Å². The van der Waals surface area contributed by atoms with Crippen LogP contribution in [0.4, 0.5) is 5.69 Å². The molecule has 4 nitrogen and oxygen atoms in total. The van der Waals surface area contributed by atoms with Crippen molar-refractivity contribution in [1.29, 1.82) is 0 Å². The monoisotopic (exact) mass is 149 g/mol. The molecular formula is C7H7N3O. The molecular weight excluding hydrogens is 142 g/mol. The summed E-state index contributed by atoms with van der Waals surface area (Å²) in [6.07, 6.45) is 1.56. The van der Waals surface area contributed by atoms with E-state index in [1.807, 2.05) is 12.1 Å². The summed E-state index contributed by atoms with van der Waals surface area (Å²) < 4.78 is 0. The van der Waals surface area contributed by atoms with E-state index in [-0.39, 0.29) is 0 Å².